The van der Waals surface area contributed by atoms with Crippen molar-refractivity contribution in [2.75, 3.05) is 19.8 Å². The highest BCUT2D eigenvalue weighted by molar-refractivity contribution is 5.85. The lowest BCUT2D eigenvalue weighted by Gasteiger charge is -2.18. The van der Waals surface area contributed by atoms with Crippen LogP contribution in [0.25, 0.3) is 16.7 Å². The minimum atomic E-state index is -4.69. The first kappa shape index (κ1) is 28.2. The van der Waals surface area contributed by atoms with E-state index in [-0.39, 0.29) is 30.0 Å². The van der Waals surface area contributed by atoms with Crippen LogP contribution in [0.15, 0.2) is 56.6 Å². The van der Waals surface area contributed by atoms with Gasteiger partial charge in [0.15, 0.2) is 11.5 Å². The van der Waals surface area contributed by atoms with Crippen molar-refractivity contribution in [2.24, 2.45) is 0 Å². The van der Waals surface area contributed by atoms with E-state index in [0.717, 1.165) is 0 Å². The third-order valence-corrected chi connectivity index (χ3v) is 6.82. The molecule has 4 aromatic rings. The van der Waals surface area contributed by atoms with Crippen LogP contribution in [0.5, 0.6) is 23.1 Å². The van der Waals surface area contributed by atoms with Crippen molar-refractivity contribution >= 4 is 11.0 Å². The molecule has 3 heterocycles. The first-order valence-electron chi connectivity index (χ1n) is 13.4. The molecule has 0 radical (unpaired) electrons. The van der Waals surface area contributed by atoms with Crippen LogP contribution < -0.4 is 25.5 Å². The Bertz CT molecular complexity index is 1670. The molecule has 0 saturated heterocycles. The van der Waals surface area contributed by atoms with Gasteiger partial charge in [-0.15, -0.1) is 0 Å². The lowest BCUT2D eigenvalue weighted by molar-refractivity contribution is -0.136. The van der Waals surface area contributed by atoms with E-state index in [0.29, 0.717) is 79.9 Å². The molecule has 2 aromatic heterocycles. The van der Waals surface area contributed by atoms with E-state index >= 15 is 0 Å². The van der Waals surface area contributed by atoms with Gasteiger partial charge in [0.2, 0.25) is 5.88 Å². The van der Waals surface area contributed by atoms with E-state index in [1.165, 1.54) is 27.5 Å². The molecular weight excluding hydrogens is 545 g/mol. The number of imidazole rings is 1. The van der Waals surface area contributed by atoms with Gasteiger partial charge in [-0.3, -0.25) is 9.13 Å². The quantitative estimate of drug-likeness (QED) is 0.199. The van der Waals surface area contributed by atoms with Crippen LogP contribution in [0.4, 0.5) is 13.2 Å². The fraction of sp³-hybridized carbons (Fsp3) is 0.379. The van der Waals surface area contributed by atoms with Crippen LogP contribution in [0.3, 0.4) is 0 Å². The highest BCUT2D eigenvalue weighted by atomic mass is 19.4. The SMILES string of the molecule is CCCc1c(OCCCCCn2c(O)cn(-c3ccc4c(c3)OCCO4)c2=O)ccc2c(C(F)(F)F)cc(=O)oc12. The summed E-state index contributed by atoms with van der Waals surface area (Å²) in [7, 11) is 0. The minimum Gasteiger partial charge on any atom is -0.493 e. The van der Waals surface area contributed by atoms with Gasteiger partial charge in [0.25, 0.3) is 0 Å². The fourth-order valence-corrected chi connectivity index (χ4v) is 4.90. The largest absolute Gasteiger partial charge is 0.493 e. The molecule has 1 N–H and O–H groups in total. The number of unbranched alkanes of at least 4 members (excludes halogenated alkanes) is 2. The first-order chi connectivity index (χ1) is 19.7. The van der Waals surface area contributed by atoms with Crippen LogP contribution in [0.2, 0.25) is 0 Å². The topological polar surface area (TPSA) is 105 Å². The lowest BCUT2D eigenvalue weighted by Crippen LogP contribution is -2.23. The Morgan fingerprint density at radius 1 is 1.00 bits per heavy atom. The maximum absolute atomic E-state index is 13.5. The summed E-state index contributed by atoms with van der Waals surface area (Å²) in [5.74, 6) is 1.33. The van der Waals surface area contributed by atoms with Crippen molar-refractivity contribution < 1.29 is 36.9 Å². The van der Waals surface area contributed by atoms with Crippen molar-refractivity contribution in [1.29, 1.82) is 0 Å². The fourth-order valence-electron chi connectivity index (χ4n) is 4.90. The van der Waals surface area contributed by atoms with Gasteiger partial charge < -0.3 is 23.7 Å². The van der Waals surface area contributed by atoms with E-state index in [2.05, 4.69) is 0 Å². The van der Waals surface area contributed by atoms with Crippen molar-refractivity contribution in [2.45, 2.75) is 51.7 Å². The van der Waals surface area contributed by atoms with Gasteiger partial charge in [0.1, 0.15) is 24.5 Å². The van der Waals surface area contributed by atoms with Gasteiger partial charge in [0, 0.05) is 29.6 Å². The van der Waals surface area contributed by atoms with Crippen molar-refractivity contribution in [3.8, 4) is 28.8 Å². The second kappa shape index (κ2) is 11.6. The number of benzene rings is 2. The maximum atomic E-state index is 13.5. The summed E-state index contributed by atoms with van der Waals surface area (Å²) < 4.78 is 65.3. The summed E-state index contributed by atoms with van der Waals surface area (Å²) in [6, 6.07) is 8.31. The predicted octanol–water partition coefficient (Wildman–Crippen LogP) is 5.44. The first-order valence-corrected chi connectivity index (χ1v) is 13.4. The molecule has 9 nitrogen and oxygen atoms in total. The highest BCUT2D eigenvalue weighted by Gasteiger charge is 2.34. The Kier molecular flexibility index (Phi) is 8.00. The van der Waals surface area contributed by atoms with Crippen LogP contribution in [0.1, 0.15) is 43.7 Å². The molecule has 12 heteroatoms. The normalized spacial score (nSPS) is 13.1. The van der Waals surface area contributed by atoms with E-state index in [1.54, 1.807) is 18.2 Å². The molecule has 1 aliphatic heterocycles. The number of aryl methyl sites for hydroxylation is 1. The van der Waals surface area contributed by atoms with Crippen molar-refractivity contribution in [1.82, 2.24) is 9.13 Å². The molecule has 2 aromatic carbocycles. The second-order valence-corrected chi connectivity index (χ2v) is 9.67. The number of fused-ring (bicyclic) bond motifs is 2. The predicted molar refractivity (Wildman–Crippen MR) is 144 cm³/mol. The number of halogens is 3. The number of hydrogen-bond donors (Lipinski definition) is 1. The number of aromatic nitrogens is 2. The number of nitrogens with zero attached hydrogens (tertiary/aromatic N) is 2. The Labute approximate surface area is 232 Å². The van der Waals surface area contributed by atoms with Gasteiger partial charge >= 0.3 is 17.5 Å². The molecule has 0 spiro atoms. The standard InChI is InChI=1S/C29H29F3N2O7/c1-2-6-20-22(10-8-19-21(29(30,31)32)16-26(36)41-27(19)20)38-12-5-3-4-11-33-25(35)17-34(28(33)37)18-7-9-23-24(15-18)40-14-13-39-23/h7-10,15-17,35H,2-6,11-14H2,1H3. The molecule has 0 bridgehead atoms. The Morgan fingerprint density at radius 3 is 2.54 bits per heavy atom. The van der Waals surface area contributed by atoms with Crippen molar-refractivity contribution in [3.05, 3.63) is 74.6 Å². The molecular formula is C29H29F3N2O7. The monoisotopic (exact) mass is 574 g/mol. The number of rotatable bonds is 10. The smallest absolute Gasteiger partial charge is 0.417 e. The summed E-state index contributed by atoms with van der Waals surface area (Å²) in [4.78, 5) is 24.8. The molecule has 0 aliphatic carbocycles. The zero-order valence-corrected chi connectivity index (χ0v) is 22.3. The number of alkyl halides is 3. The highest BCUT2D eigenvalue weighted by Crippen LogP contribution is 2.37. The molecule has 218 valence electrons. The van der Waals surface area contributed by atoms with E-state index in [1.807, 2.05) is 6.92 Å². The van der Waals surface area contributed by atoms with Gasteiger partial charge in [-0.05, 0) is 49.9 Å². The Balaban J connectivity index is 1.21. The molecule has 5 rings (SSSR count). The third-order valence-electron chi connectivity index (χ3n) is 6.82. The number of ether oxygens (including phenoxy) is 3. The van der Waals surface area contributed by atoms with Gasteiger partial charge in [0.05, 0.1) is 24.1 Å². The maximum Gasteiger partial charge on any atom is 0.417 e. The average molecular weight is 575 g/mol. The van der Waals surface area contributed by atoms with Crippen LogP contribution in [-0.4, -0.2) is 34.1 Å². The number of aromatic hydroxyl groups is 1. The van der Waals surface area contributed by atoms with E-state index < -0.39 is 23.1 Å². The molecule has 41 heavy (non-hydrogen) atoms. The molecule has 0 saturated carbocycles. The van der Waals surface area contributed by atoms with E-state index in [4.69, 9.17) is 18.6 Å². The van der Waals surface area contributed by atoms with Crippen LogP contribution in [-0.2, 0) is 19.1 Å². The molecule has 0 amide bonds. The van der Waals surface area contributed by atoms with Crippen LogP contribution >= 0.6 is 0 Å². The summed E-state index contributed by atoms with van der Waals surface area (Å²) in [5, 5.41) is 10.2. The number of hydrogen-bond acceptors (Lipinski definition) is 7. The molecule has 0 unspecified atom stereocenters. The lowest BCUT2D eigenvalue weighted by atomic mass is 10.0. The Morgan fingerprint density at radius 2 is 1.78 bits per heavy atom. The van der Waals surface area contributed by atoms with Crippen molar-refractivity contribution in [3.63, 3.8) is 0 Å². The summed E-state index contributed by atoms with van der Waals surface area (Å²) in [6.45, 7) is 3.29. The molecule has 0 fully saturated rings. The summed E-state index contributed by atoms with van der Waals surface area (Å²) in [5.41, 5.74) is -1.64. The minimum absolute atomic E-state index is 0.110. The van der Waals surface area contributed by atoms with Gasteiger partial charge in [-0.2, -0.15) is 13.2 Å². The average Bonchev–Trinajstić information content (AvgIpc) is 3.23. The van der Waals surface area contributed by atoms with Gasteiger partial charge in [-0.25, -0.2) is 9.59 Å². The second-order valence-electron chi connectivity index (χ2n) is 9.67. The Hall–Kier alpha value is -4.35. The summed E-state index contributed by atoms with van der Waals surface area (Å²) >= 11 is 0. The van der Waals surface area contributed by atoms with Gasteiger partial charge in [-0.1, -0.05) is 13.3 Å². The van der Waals surface area contributed by atoms with Crippen LogP contribution in [0, 0.1) is 0 Å². The zero-order valence-electron chi connectivity index (χ0n) is 22.3. The zero-order chi connectivity index (χ0) is 29.1. The third kappa shape index (κ3) is 5.91. The molecule has 0 atom stereocenters. The molecule has 1 aliphatic rings. The van der Waals surface area contributed by atoms with E-state index in [9.17, 15) is 27.9 Å². The summed E-state index contributed by atoms with van der Waals surface area (Å²) in [6.07, 6.45) is -0.528.